The van der Waals surface area contributed by atoms with Crippen LogP contribution < -0.4 is 10.6 Å². The fraction of sp³-hybridized carbons (Fsp3) is 0.619. The van der Waals surface area contributed by atoms with Gasteiger partial charge in [0.1, 0.15) is 0 Å². The molecule has 1 aromatic rings. The molecule has 0 radical (unpaired) electrons. The molecule has 2 aliphatic rings. The van der Waals surface area contributed by atoms with Crippen molar-refractivity contribution in [3.05, 3.63) is 35.9 Å². The van der Waals surface area contributed by atoms with Crippen molar-refractivity contribution in [1.82, 2.24) is 15.5 Å². The average molecular weight is 357 g/mol. The Hall–Kier alpha value is -2.04. The van der Waals surface area contributed by atoms with Gasteiger partial charge in [0.25, 0.3) is 0 Å². The Bertz CT molecular complexity index is 595. The SMILES string of the molecule is CCNC(=NCCC(=O)NC1CCCC1)N1CCC(c2ccccc2)C1. The summed E-state index contributed by atoms with van der Waals surface area (Å²) in [6.45, 7) is 5.49. The van der Waals surface area contributed by atoms with Crippen LogP contribution in [0.25, 0.3) is 0 Å². The number of aliphatic imine (C=N–C) groups is 1. The van der Waals surface area contributed by atoms with Gasteiger partial charge in [0, 0.05) is 38.0 Å². The number of carbonyl (C=O) groups is 1. The van der Waals surface area contributed by atoms with Crippen LogP contribution in [-0.2, 0) is 4.79 Å². The number of hydrogen-bond donors (Lipinski definition) is 2. The lowest BCUT2D eigenvalue weighted by Crippen LogP contribution is -2.40. The molecule has 1 atom stereocenters. The molecule has 0 aromatic heterocycles. The largest absolute Gasteiger partial charge is 0.357 e. The van der Waals surface area contributed by atoms with Gasteiger partial charge in [-0.15, -0.1) is 0 Å². The smallest absolute Gasteiger partial charge is 0.222 e. The first-order valence-electron chi connectivity index (χ1n) is 10.1. The monoisotopic (exact) mass is 356 g/mol. The number of benzene rings is 1. The maximum atomic E-state index is 12.1. The van der Waals surface area contributed by atoms with Crippen LogP contribution in [0.1, 0.15) is 56.9 Å². The maximum absolute atomic E-state index is 12.1. The number of likely N-dealkylation sites (tertiary alicyclic amines) is 1. The highest BCUT2D eigenvalue weighted by Gasteiger charge is 2.26. The van der Waals surface area contributed by atoms with Crippen molar-refractivity contribution in [3.63, 3.8) is 0 Å². The van der Waals surface area contributed by atoms with E-state index >= 15 is 0 Å². The molecular formula is C21H32N4O. The normalized spacial score (nSPS) is 21.2. The number of rotatable bonds is 6. The molecule has 26 heavy (non-hydrogen) atoms. The average Bonchev–Trinajstić information content (AvgIpc) is 3.34. The van der Waals surface area contributed by atoms with E-state index in [1.165, 1.54) is 18.4 Å². The van der Waals surface area contributed by atoms with Crippen molar-refractivity contribution < 1.29 is 4.79 Å². The molecule has 1 saturated carbocycles. The summed E-state index contributed by atoms with van der Waals surface area (Å²) in [4.78, 5) is 19.1. The summed E-state index contributed by atoms with van der Waals surface area (Å²) in [5, 5.41) is 6.53. The zero-order valence-electron chi connectivity index (χ0n) is 15.9. The number of amides is 1. The van der Waals surface area contributed by atoms with E-state index in [2.05, 4.69) is 52.8 Å². The van der Waals surface area contributed by atoms with Crippen molar-refractivity contribution in [2.24, 2.45) is 4.99 Å². The number of guanidine groups is 1. The van der Waals surface area contributed by atoms with Crippen molar-refractivity contribution in [2.75, 3.05) is 26.2 Å². The molecule has 2 N–H and O–H groups in total. The zero-order valence-corrected chi connectivity index (χ0v) is 15.9. The highest BCUT2D eigenvalue weighted by Crippen LogP contribution is 2.26. The lowest BCUT2D eigenvalue weighted by Gasteiger charge is -2.22. The second-order valence-corrected chi connectivity index (χ2v) is 7.38. The van der Waals surface area contributed by atoms with E-state index in [1.54, 1.807) is 0 Å². The van der Waals surface area contributed by atoms with Gasteiger partial charge in [-0.1, -0.05) is 43.2 Å². The Morgan fingerprint density at radius 2 is 1.96 bits per heavy atom. The minimum Gasteiger partial charge on any atom is -0.357 e. The predicted molar refractivity (Wildman–Crippen MR) is 106 cm³/mol. The van der Waals surface area contributed by atoms with Gasteiger partial charge in [0.2, 0.25) is 5.91 Å². The van der Waals surface area contributed by atoms with Gasteiger partial charge in [-0.05, 0) is 31.7 Å². The van der Waals surface area contributed by atoms with Gasteiger partial charge in [-0.2, -0.15) is 0 Å². The van der Waals surface area contributed by atoms with Crippen molar-refractivity contribution in [3.8, 4) is 0 Å². The maximum Gasteiger partial charge on any atom is 0.222 e. The molecule has 0 bridgehead atoms. The van der Waals surface area contributed by atoms with E-state index in [0.29, 0.717) is 24.9 Å². The molecule has 1 aromatic carbocycles. The second kappa shape index (κ2) is 9.60. The first-order chi connectivity index (χ1) is 12.8. The number of nitrogens with one attached hydrogen (secondary N) is 2. The molecule has 1 aliphatic carbocycles. The van der Waals surface area contributed by atoms with Crippen LogP contribution in [0.2, 0.25) is 0 Å². The highest BCUT2D eigenvalue weighted by atomic mass is 16.1. The van der Waals surface area contributed by atoms with Crippen LogP contribution >= 0.6 is 0 Å². The first kappa shape index (κ1) is 18.7. The minimum absolute atomic E-state index is 0.139. The lowest BCUT2D eigenvalue weighted by atomic mass is 9.99. The quantitative estimate of drug-likeness (QED) is 0.609. The minimum atomic E-state index is 0.139. The van der Waals surface area contributed by atoms with Gasteiger partial charge in [-0.25, -0.2) is 0 Å². The van der Waals surface area contributed by atoms with Gasteiger partial charge < -0.3 is 15.5 Å². The van der Waals surface area contributed by atoms with Crippen LogP contribution in [0.4, 0.5) is 0 Å². The summed E-state index contributed by atoms with van der Waals surface area (Å²) < 4.78 is 0. The van der Waals surface area contributed by atoms with E-state index < -0.39 is 0 Å². The Morgan fingerprint density at radius 1 is 1.19 bits per heavy atom. The van der Waals surface area contributed by atoms with E-state index in [-0.39, 0.29) is 5.91 Å². The predicted octanol–water partition coefficient (Wildman–Crippen LogP) is 2.89. The fourth-order valence-electron chi connectivity index (χ4n) is 4.01. The summed E-state index contributed by atoms with van der Waals surface area (Å²) in [7, 11) is 0. The van der Waals surface area contributed by atoms with Gasteiger partial charge >= 0.3 is 0 Å². The standard InChI is InChI=1S/C21H32N4O/c1-2-22-21(23-14-12-20(26)24-19-10-6-7-11-19)25-15-13-18(16-25)17-8-4-3-5-9-17/h3-5,8-9,18-19H,2,6-7,10-16H2,1H3,(H,22,23)(H,24,26). The summed E-state index contributed by atoms with van der Waals surface area (Å²) >= 11 is 0. The zero-order chi connectivity index (χ0) is 18.2. The summed E-state index contributed by atoms with van der Waals surface area (Å²) in [6, 6.07) is 11.1. The molecule has 0 spiro atoms. The summed E-state index contributed by atoms with van der Waals surface area (Å²) in [6.07, 6.45) is 6.37. The molecule has 3 rings (SSSR count). The lowest BCUT2D eigenvalue weighted by molar-refractivity contribution is -0.121. The van der Waals surface area contributed by atoms with Crippen molar-refractivity contribution in [2.45, 2.75) is 57.4 Å². The molecule has 5 heteroatoms. The molecule has 1 heterocycles. The van der Waals surface area contributed by atoms with Gasteiger partial charge in [0.05, 0.1) is 6.54 Å². The molecule has 1 saturated heterocycles. The second-order valence-electron chi connectivity index (χ2n) is 7.38. The molecule has 1 unspecified atom stereocenters. The van der Waals surface area contributed by atoms with Crippen LogP contribution in [0, 0.1) is 0 Å². The fourth-order valence-corrected chi connectivity index (χ4v) is 4.01. The topological polar surface area (TPSA) is 56.7 Å². The van der Waals surface area contributed by atoms with E-state index in [9.17, 15) is 4.79 Å². The number of hydrogen-bond acceptors (Lipinski definition) is 2. The van der Waals surface area contributed by atoms with Crippen molar-refractivity contribution >= 4 is 11.9 Å². The highest BCUT2D eigenvalue weighted by molar-refractivity contribution is 5.81. The molecule has 1 amide bonds. The third-order valence-corrected chi connectivity index (χ3v) is 5.41. The van der Waals surface area contributed by atoms with E-state index in [0.717, 1.165) is 44.9 Å². The summed E-state index contributed by atoms with van der Waals surface area (Å²) in [5.41, 5.74) is 1.40. The van der Waals surface area contributed by atoms with Crippen molar-refractivity contribution in [1.29, 1.82) is 0 Å². The first-order valence-corrected chi connectivity index (χ1v) is 10.1. The van der Waals surface area contributed by atoms with Gasteiger partial charge in [-0.3, -0.25) is 9.79 Å². The van der Waals surface area contributed by atoms with E-state index in [1.807, 2.05) is 0 Å². The van der Waals surface area contributed by atoms with Crippen LogP contribution in [0.3, 0.4) is 0 Å². The Balaban J connectivity index is 1.50. The van der Waals surface area contributed by atoms with Crippen LogP contribution in [0.15, 0.2) is 35.3 Å². The van der Waals surface area contributed by atoms with Gasteiger partial charge in [0.15, 0.2) is 5.96 Å². The number of nitrogens with zero attached hydrogens (tertiary/aromatic N) is 2. The Morgan fingerprint density at radius 3 is 2.69 bits per heavy atom. The number of carbonyl (C=O) groups excluding carboxylic acids is 1. The van der Waals surface area contributed by atoms with E-state index in [4.69, 9.17) is 4.99 Å². The molecule has 2 fully saturated rings. The summed E-state index contributed by atoms with van der Waals surface area (Å²) in [5.74, 6) is 1.64. The molecular weight excluding hydrogens is 324 g/mol. The molecule has 5 nitrogen and oxygen atoms in total. The molecule has 142 valence electrons. The van der Waals surface area contributed by atoms with Crippen LogP contribution in [0.5, 0.6) is 0 Å². The third kappa shape index (κ3) is 5.23. The Labute approximate surface area is 157 Å². The third-order valence-electron chi connectivity index (χ3n) is 5.41. The molecule has 1 aliphatic heterocycles. The Kier molecular flexibility index (Phi) is 6.92. The van der Waals surface area contributed by atoms with Crippen LogP contribution in [-0.4, -0.2) is 49.0 Å².